The number of halogens is 4. The van der Waals surface area contributed by atoms with Crippen molar-refractivity contribution in [1.82, 2.24) is 4.31 Å². The third kappa shape index (κ3) is 4.76. The predicted molar refractivity (Wildman–Crippen MR) is 106 cm³/mol. The van der Waals surface area contributed by atoms with E-state index in [0.717, 1.165) is 24.3 Å². The van der Waals surface area contributed by atoms with E-state index >= 15 is 0 Å². The molecule has 3 rings (SSSR count). The molecule has 162 valence electrons. The van der Waals surface area contributed by atoms with E-state index in [0.29, 0.717) is 6.07 Å². The molecule has 0 amide bonds. The van der Waals surface area contributed by atoms with E-state index in [4.69, 9.17) is 32.7 Å². The third-order valence-electron chi connectivity index (χ3n) is 4.51. The molecule has 0 radical (unpaired) electrons. The van der Waals surface area contributed by atoms with Gasteiger partial charge in [0.05, 0.1) is 28.8 Å². The molecule has 1 heterocycles. The van der Waals surface area contributed by atoms with Gasteiger partial charge in [-0.15, -0.1) is 0 Å². The summed E-state index contributed by atoms with van der Waals surface area (Å²) in [6, 6.07) is 5.02. The fourth-order valence-corrected chi connectivity index (χ4v) is 5.16. The van der Waals surface area contributed by atoms with E-state index in [2.05, 4.69) is 0 Å². The summed E-state index contributed by atoms with van der Waals surface area (Å²) in [4.78, 5) is 12.3. The van der Waals surface area contributed by atoms with Gasteiger partial charge in [-0.05, 0) is 31.2 Å². The molecule has 6 nitrogen and oxygen atoms in total. The number of ether oxygens (including phenoxy) is 2. The Balaban J connectivity index is 1.90. The van der Waals surface area contributed by atoms with Crippen molar-refractivity contribution in [2.45, 2.75) is 17.9 Å². The number of sulfonamides is 1. The Hall–Kier alpha value is -1.78. The molecule has 0 aromatic heterocycles. The van der Waals surface area contributed by atoms with Crippen molar-refractivity contribution in [1.29, 1.82) is 0 Å². The van der Waals surface area contributed by atoms with E-state index in [9.17, 15) is 22.0 Å². The number of rotatable bonds is 5. The van der Waals surface area contributed by atoms with Crippen LogP contribution in [0.4, 0.5) is 8.78 Å². The van der Waals surface area contributed by atoms with E-state index in [1.165, 1.54) is 11.2 Å². The molecule has 1 fully saturated rings. The van der Waals surface area contributed by atoms with Crippen molar-refractivity contribution in [3.05, 3.63) is 63.1 Å². The third-order valence-corrected chi connectivity index (χ3v) is 7.19. The fraction of sp³-hybridized carbons (Fsp3) is 0.316. The molecular weight excluding hydrogens is 463 g/mol. The van der Waals surface area contributed by atoms with Gasteiger partial charge in [0, 0.05) is 24.7 Å². The first kappa shape index (κ1) is 22.9. The molecule has 2 aromatic carbocycles. The highest BCUT2D eigenvalue weighted by Crippen LogP contribution is 2.32. The molecule has 1 unspecified atom stereocenters. The number of hydrogen-bond acceptors (Lipinski definition) is 5. The number of benzene rings is 2. The quantitative estimate of drug-likeness (QED) is 0.600. The first-order valence-corrected chi connectivity index (χ1v) is 11.0. The minimum Gasteiger partial charge on any atom is -0.454 e. The minimum absolute atomic E-state index is 0.0454. The Kier molecular flexibility index (Phi) is 6.98. The van der Waals surface area contributed by atoms with Crippen LogP contribution in [0.15, 0.2) is 35.2 Å². The molecule has 0 spiro atoms. The molecule has 1 atom stereocenters. The van der Waals surface area contributed by atoms with E-state index in [-0.39, 0.29) is 52.4 Å². The summed E-state index contributed by atoms with van der Waals surface area (Å²) >= 11 is 12.2. The Labute approximate surface area is 182 Å². The summed E-state index contributed by atoms with van der Waals surface area (Å²) in [5, 5.41) is -0.279. The van der Waals surface area contributed by atoms with Gasteiger partial charge in [0.2, 0.25) is 10.0 Å². The SMILES string of the molecule is CC(OC(=O)c1cc(S(=O)(=O)N2CCOCC2)c(Cl)cc1Cl)c1ccc(F)cc1F. The summed E-state index contributed by atoms with van der Waals surface area (Å²) in [6.07, 6.45) is -1.08. The van der Waals surface area contributed by atoms with Gasteiger partial charge in [-0.1, -0.05) is 23.2 Å². The highest BCUT2D eigenvalue weighted by atomic mass is 35.5. The molecule has 1 aliphatic heterocycles. The second-order valence-corrected chi connectivity index (χ2v) is 9.21. The normalized spacial score (nSPS) is 16.3. The first-order valence-electron chi connectivity index (χ1n) is 8.84. The maximum absolute atomic E-state index is 13.9. The Bertz CT molecular complexity index is 1070. The monoisotopic (exact) mass is 479 g/mol. The highest BCUT2D eigenvalue weighted by Gasteiger charge is 2.31. The van der Waals surface area contributed by atoms with Crippen LogP contribution in [0.2, 0.25) is 10.0 Å². The Morgan fingerprint density at radius 2 is 1.80 bits per heavy atom. The van der Waals surface area contributed by atoms with E-state index < -0.39 is 33.7 Å². The molecule has 11 heteroatoms. The fourth-order valence-electron chi connectivity index (χ4n) is 2.93. The van der Waals surface area contributed by atoms with Crippen molar-refractivity contribution in [3.63, 3.8) is 0 Å². The number of carbonyl (C=O) groups excluding carboxylic acids is 1. The molecule has 0 N–H and O–H groups in total. The predicted octanol–water partition coefficient (Wildman–Crippen LogP) is 4.21. The van der Waals surface area contributed by atoms with Crippen LogP contribution in [0.1, 0.15) is 28.9 Å². The van der Waals surface area contributed by atoms with Crippen LogP contribution in [0, 0.1) is 11.6 Å². The average molecular weight is 480 g/mol. The van der Waals surface area contributed by atoms with Gasteiger partial charge in [0.25, 0.3) is 0 Å². The number of esters is 1. The smallest absolute Gasteiger partial charge is 0.340 e. The number of hydrogen-bond donors (Lipinski definition) is 0. The Morgan fingerprint density at radius 1 is 1.13 bits per heavy atom. The molecule has 0 bridgehead atoms. The van der Waals surface area contributed by atoms with Gasteiger partial charge in [0.1, 0.15) is 22.6 Å². The van der Waals surface area contributed by atoms with Gasteiger partial charge in [-0.25, -0.2) is 22.0 Å². The van der Waals surface area contributed by atoms with E-state index in [1.807, 2.05) is 0 Å². The summed E-state index contributed by atoms with van der Waals surface area (Å²) < 4.78 is 64.4. The summed E-state index contributed by atoms with van der Waals surface area (Å²) in [5.74, 6) is -2.63. The molecule has 2 aromatic rings. The summed E-state index contributed by atoms with van der Waals surface area (Å²) in [5.41, 5.74) is -0.293. The van der Waals surface area contributed by atoms with Gasteiger partial charge in [0.15, 0.2) is 0 Å². The second-order valence-electron chi connectivity index (χ2n) is 6.49. The maximum atomic E-state index is 13.9. The van der Waals surface area contributed by atoms with Crippen LogP contribution in [0.3, 0.4) is 0 Å². The zero-order chi connectivity index (χ0) is 22.1. The molecule has 0 saturated carbocycles. The lowest BCUT2D eigenvalue weighted by Gasteiger charge is -2.26. The zero-order valence-electron chi connectivity index (χ0n) is 15.7. The first-order chi connectivity index (χ1) is 14.1. The number of nitrogens with zero attached hydrogens (tertiary/aromatic N) is 1. The van der Waals surface area contributed by atoms with Gasteiger partial charge >= 0.3 is 5.97 Å². The van der Waals surface area contributed by atoms with Crippen molar-refractivity contribution < 1.29 is 31.5 Å². The average Bonchev–Trinajstić information content (AvgIpc) is 2.68. The number of morpholine rings is 1. The molecule has 0 aliphatic carbocycles. The van der Waals surface area contributed by atoms with Gasteiger partial charge < -0.3 is 9.47 Å². The Morgan fingerprint density at radius 3 is 2.43 bits per heavy atom. The molecule has 30 heavy (non-hydrogen) atoms. The van der Waals surface area contributed by atoms with Gasteiger partial charge in [-0.3, -0.25) is 0 Å². The lowest BCUT2D eigenvalue weighted by molar-refractivity contribution is 0.0331. The van der Waals surface area contributed by atoms with Crippen molar-refractivity contribution in [3.8, 4) is 0 Å². The molecule has 1 saturated heterocycles. The standard InChI is InChI=1S/C19H17Cl2F2NO5S/c1-11(13-3-2-12(22)8-17(13)23)29-19(25)14-9-18(16(21)10-15(14)20)30(26,27)24-4-6-28-7-5-24/h2-3,8-11H,4-7H2,1H3. The van der Waals surface area contributed by atoms with Gasteiger partial charge in [-0.2, -0.15) is 4.31 Å². The van der Waals surface area contributed by atoms with Crippen LogP contribution in [0.25, 0.3) is 0 Å². The topological polar surface area (TPSA) is 72.9 Å². The van der Waals surface area contributed by atoms with Crippen LogP contribution in [-0.4, -0.2) is 45.0 Å². The second kappa shape index (κ2) is 9.15. The van der Waals surface area contributed by atoms with Crippen LogP contribution in [0.5, 0.6) is 0 Å². The van der Waals surface area contributed by atoms with Crippen molar-refractivity contribution >= 4 is 39.2 Å². The maximum Gasteiger partial charge on any atom is 0.340 e. The van der Waals surface area contributed by atoms with Crippen LogP contribution in [-0.2, 0) is 19.5 Å². The summed E-state index contributed by atoms with van der Waals surface area (Å²) in [6.45, 7) is 2.15. The largest absolute Gasteiger partial charge is 0.454 e. The van der Waals surface area contributed by atoms with Crippen LogP contribution >= 0.6 is 23.2 Å². The highest BCUT2D eigenvalue weighted by molar-refractivity contribution is 7.89. The van der Waals surface area contributed by atoms with Crippen molar-refractivity contribution in [2.75, 3.05) is 26.3 Å². The molecule has 1 aliphatic rings. The zero-order valence-corrected chi connectivity index (χ0v) is 18.0. The summed E-state index contributed by atoms with van der Waals surface area (Å²) in [7, 11) is -4.00. The molecular formula is C19H17Cl2F2NO5S. The van der Waals surface area contributed by atoms with E-state index in [1.54, 1.807) is 0 Å². The lowest BCUT2D eigenvalue weighted by atomic mass is 10.1. The minimum atomic E-state index is -4.00. The lowest BCUT2D eigenvalue weighted by Crippen LogP contribution is -2.40. The van der Waals surface area contributed by atoms with Crippen molar-refractivity contribution in [2.24, 2.45) is 0 Å². The number of carbonyl (C=O) groups is 1. The van der Waals surface area contributed by atoms with Crippen LogP contribution < -0.4 is 0 Å².